The quantitative estimate of drug-likeness (QED) is 0.0344. The molecule has 0 N–H and O–H groups in total. The van der Waals surface area contributed by atoms with Crippen LogP contribution in [0, 0.1) is 5.92 Å². The highest BCUT2D eigenvalue weighted by Gasteiger charge is 2.19. The molecule has 362 valence electrons. The van der Waals surface area contributed by atoms with Crippen molar-refractivity contribution in [2.24, 2.45) is 5.92 Å². The lowest BCUT2D eigenvalue weighted by Crippen LogP contribution is -2.30. The molecule has 0 aliphatic carbocycles. The number of esters is 3. The second-order valence-corrected chi connectivity index (χ2v) is 19.1. The Hall–Kier alpha value is -1.59. The maximum absolute atomic E-state index is 12.8. The fraction of sp³-hybridized carbons (Fsp3) is 0.945. The molecule has 0 aromatic carbocycles. The fourth-order valence-electron chi connectivity index (χ4n) is 8.36. The molecule has 0 aromatic heterocycles. The van der Waals surface area contributed by atoms with Gasteiger partial charge in [-0.25, -0.2) is 0 Å². The first kappa shape index (κ1) is 59.4. The first-order chi connectivity index (χ1) is 29.9. The van der Waals surface area contributed by atoms with Crippen LogP contribution in [0.5, 0.6) is 0 Å². The molecule has 0 amide bonds. The van der Waals surface area contributed by atoms with Gasteiger partial charge in [-0.2, -0.15) is 0 Å². The van der Waals surface area contributed by atoms with E-state index in [1.54, 1.807) is 0 Å². The van der Waals surface area contributed by atoms with E-state index in [2.05, 4.69) is 27.7 Å². The first-order valence-corrected chi connectivity index (χ1v) is 27.4. The Morgan fingerprint density at radius 1 is 0.328 bits per heavy atom. The van der Waals surface area contributed by atoms with E-state index >= 15 is 0 Å². The molecule has 6 nitrogen and oxygen atoms in total. The smallest absolute Gasteiger partial charge is 0.306 e. The van der Waals surface area contributed by atoms with Crippen LogP contribution in [0.4, 0.5) is 0 Å². The fourth-order valence-corrected chi connectivity index (χ4v) is 8.36. The van der Waals surface area contributed by atoms with Gasteiger partial charge in [0.25, 0.3) is 0 Å². The third-order valence-electron chi connectivity index (χ3n) is 12.9. The number of unbranched alkanes of at least 4 members (excludes halogenated alkanes) is 36. The Bertz CT molecular complexity index is 920. The first-order valence-electron chi connectivity index (χ1n) is 27.4. The summed E-state index contributed by atoms with van der Waals surface area (Å²) in [5.41, 5.74) is 0. The molecule has 0 heterocycles. The molecule has 0 aliphatic rings. The van der Waals surface area contributed by atoms with Crippen molar-refractivity contribution in [1.29, 1.82) is 0 Å². The van der Waals surface area contributed by atoms with Crippen molar-refractivity contribution in [3.05, 3.63) is 0 Å². The highest BCUT2D eigenvalue weighted by atomic mass is 16.6. The summed E-state index contributed by atoms with van der Waals surface area (Å²) in [5.74, 6) is 0.0298. The van der Waals surface area contributed by atoms with Gasteiger partial charge in [0.05, 0.1) is 0 Å². The van der Waals surface area contributed by atoms with Gasteiger partial charge in [-0.05, 0) is 25.2 Å². The summed E-state index contributed by atoms with van der Waals surface area (Å²) in [5, 5.41) is 0. The second kappa shape index (κ2) is 49.4. The summed E-state index contributed by atoms with van der Waals surface area (Å²) in [6.45, 7) is 9.06. The number of carbonyl (C=O) groups excluding carboxylic acids is 3. The summed E-state index contributed by atoms with van der Waals surface area (Å²) < 4.78 is 16.8. The molecule has 0 saturated carbocycles. The minimum absolute atomic E-state index is 0.0623. The SMILES string of the molecule is CCCCCCCCCCCCCCCCCCC(=O)OC[C@H](COC(=O)CCCCCCCCCCCCC(C)CC)OC(=O)CCCCCCCCCCCCCCC. The van der Waals surface area contributed by atoms with E-state index in [1.807, 2.05) is 0 Å². The lowest BCUT2D eigenvalue weighted by Gasteiger charge is -2.18. The predicted molar refractivity (Wildman–Crippen MR) is 261 cm³/mol. The third kappa shape index (κ3) is 47.7. The van der Waals surface area contributed by atoms with Crippen molar-refractivity contribution in [2.45, 2.75) is 316 Å². The Kier molecular flexibility index (Phi) is 48.1. The molecule has 0 aromatic rings. The summed E-state index contributed by atoms with van der Waals surface area (Å²) in [6.07, 6.45) is 52.2. The summed E-state index contributed by atoms with van der Waals surface area (Å²) >= 11 is 0. The molecule has 6 heteroatoms. The standard InChI is InChI=1S/C55H106O6/c1-5-8-10-12-14-16-18-20-21-22-24-25-30-34-38-42-46-53(56)59-49-52(61-55(58)48-44-40-36-32-26-23-19-17-15-13-11-9-6-2)50-60-54(57)47-43-39-35-31-28-27-29-33-37-41-45-51(4)7-3/h51-52H,5-50H2,1-4H3/t51?,52-/m1/s1. The second-order valence-electron chi connectivity index (χ2n) is 19.1. The number of ether oxygens (including phenoxy) is 3. The molecule has 0 radical (unpaired) electrons. The normalized spacial score (nSPS) is 12.4. The van der Waals surface area contributed by atoms with E-state index in [1.165, 1.54) is 205 Å². The molecule has 1 unspecified atom stereocenters. The van der Waals surface area contributed by atoms with Gasteiger partial charge in [0.2, 0.25) is 0 Å². The Balaban J connectivity index is 4.30. The molecule has 0 spiro atoms. The minimum Gasteiger partial charge on any atom is -0.462 e. The Morgan fingerprint density at radius 2 is 0.574 bits per heavy atom. The van der Waals surface area contributed by atoms with E-state index in [9.17, 15) is 14.4 Å². The van der Waals surface area contributed by atoms with Crippen LogP contribution in [0.3, 0.4) is 0 Å². The largest absolute Gasteiger partial charge is 0.462 e. The van der Waals surface area contributed by atoms with Crippen LogP contribution in [0.25, 0.3) is 0 Å². The molecular weight excluding hydrogens is 757 g/mol. The maximum atomic E-state index is 12.8. The molecule has 0 saturated heterocycles. The zero-order valence-corrected chi connectivity index (χ0v) is 41.6. The molecule has 61 heavy (non-hydrogen) atoms. The predicted octanol–water partition coefficient (Wildman–Crippen LogP) is 17.8. The number of carbonyl (C=O) groups is 3. The summed E-state index contributed by atoms with van der Waals surface area (Å²) in [6, 6.07) is 0. The van der Waals surface area contributed by atoms with Crippen molar-refractivity contribution in [3.63, 3.8) is 0 Å². The average Bonchev–Trinajstić information content (AvgIpc) is 3.26. The maximum Gasteiger partial charge on any atom is 0.306 e. The van der Waals surface area contributed by atoms with Crippen LogP contribution < -0.4 is 0 Å². The highest BCUT2D eigenvalue weighted by Crippen LogP contribution is 2.18. The highest BCUT2D eigenvalue weighted by molar-refractivity contribution is 5.71. The lowest BCUT2D eigenvalue weighted by atomic mass is 9.99. The van der Waals surface area contributed by atoms with Crippen LogP contribution in [-0.2, 0) is 28.6 Å². The molecule has 0 aliphatic heterocycles. The van der Waals surface area contributed by atoms with Crippen molar-refractivity contribution in [1.82, 2.24) is 0 Å². The van der Waals surface area contributed by atoms with Crippen LogP contribution >= 0.6 is 0 Å². The molecular formula is C55H106O6. The zero-order chi connectivity index (χ0) is 44.5. The Labute approximate surface area is 380 Å². The van der Waals surface area contributed by atoms with Gasteiger partial charge in [-0.15, -0.1) is 0 Å². The van der Waals surface area contributed by atoms with Crippen molar-refractivity contribution in [3.8, 4) is 0 Å². The van der Waals surface area contributed by atoms with Crippen LogP contribution in [0.2, 0.25) is 0 Å². The van der Waals surface area contributed by atoms with Crippen LogP contribution in [0.1, 0.15) is 310 Å². The Morgan fingerprint density at radius 3 is 0.852 bits per heavy atom. The topological polar surface area (TPSA) is 78.9 Å². The van der Waals surface area contributed by atoms with Gasteiger partial charge in [0.15, 0.2) is 6.10 Å². The van der Waals surface area contributed by atoms with Gasteiger partial charge in [0, 0.05) is 19.3 Å². The number of hydrogen-bond acceptors (Lipinski definition) is 6. The van der Waals surface area contributed by atoms with Crippen LogP contribution in [-0.4, -0.2) is 37.2 Å². The molecule has 0 rings (SSSR count). The number of hydrogen-bond donors (Lipinski definition) is 0. The van der Waals surface area contributed by atoms with E-state index in [4.69, 9.17) is 14.2 Å². The minimum atomic E-state index is -0.761. The van der Waals surface area contributed by atoms with Crippen molar-refractivity contribution < 1.29 is 28.6 Å². The summed E-state index contributed by atoms with van der Waals surface area (Å²) in [7, 11) is 0. The van der Waals surface area contributed by atoms with Gasteiger partial charge >= 0.3 is 17.9 Å². The van der Waals surface area contributed by atoms with E-state index in [0.29, 0.717) is 19.3 Å². The van der Waals surface area contributed by atoms with Gasteiger partial charge in [0.1, 0.15) is 13.2 Å². The van der Waals surface area contributed by atoms with Crippen molar-refractivity contribution in [2.75, 3.05) is 13.2 Å². The lowest BCUT2D eigenvalue weighted by molar-refractivity contribution is -0.167. The molecule has 0 fully saturated rings. The summed E-state index contributed by atoms with van der Waals surface area (Å²) in [4.78, 5) is 38.0. The van der Waals surface area contributed by atoms with E-state index < -0.39 is 6.10 Å². The molecule has 2 atom stereocenters. The zero-order valence-electron chi connectivity index (χ0n) is 41.6. The average molecular weight is 863 g/mol. The molecule has 0 bridgehead atoms. The van der Waals surface area contributed by atoms with E-state index in [0.717, 1.165) is 63.7 Å². The van der Waals surface area contributed by atoms with Gasteiger partial charge in [-0.1, -0.05) is 272 Å². The van der Waals surface area contributed by atoms with Gasteiger partial charge in [-0.3, -0.25) is 14.4 Å². The monoisotopic (exact) mass is 863 g/mol. The van der Waals surface area contributed by atoms with Crippen LogP contribution in [0.15, 0.2) is 0 Å². The van der Waals surface area contributed by atoms with Crippen molar-refractivity contribution >= 4 is 17.9 Å². The third-order valence-corrected chi connectivity index (χ3v) is 12.9. The van der Waals surface area contributed by atoms with Gasteiger partial charge < -0.3 is 14.2 Å². The van der Waals surface area contributed by atoms with E-state index in [-0.39, 0.29) is 31.1 Å². The number of rotatable bonds is 50.